The molecule has 25 heavy (non-hydrogen) atoms. The minimum Gasteiger partial charge on any atom is -0.399 e. The van der Waals surface area contributed by atoms with E-state index in [1.807, 2.05) is 36.4 Å². The van der Waals surface area contributed by atoms with E-state index in [0.29, 0.717) is 5.69 Å². The summed E-state index contributed by atoms with van der Waals surface area (Å²) in [6.45, 7) is 6.20. The molecule has 0 aliphatic rings. The van der Waals surface area contributed by atoms with Crippen LogP contribution in [0.5, 0.6) is 0 Å². The van der Waals surface area contributed by atoms with Gasteiger partial charge in [0.1, 0.15) is 11.0 Å². The van der Waals surface area contributed by atoms with Gasteiger partial charge >= 0.3 is 0 Å². The number of nitrogens with two attached hydrogens (primary N) is 2. The van der Waals surface area contributed by atoms with Gasteiger partial charge in [-0.3, -0.25) is 0 Å². The molecule has 0 bridgehead atoms. The van der Waals surface area contributed by atoms with Crippen molar-refractivity contribution in [2.24, 2.45) is 0 Å². The first-order valence-electron chi connectivity index (χ1n) is 8.34. The van der Waals surface area contributed by atoms with Crippen LogP contribution in [0.25, 0.3) is 27.8 Å². The van der Waals surface area contributed by atoms with Crippen LogP contribution in [-0.2, 0) is 0 Å². The fourth-order valence-corrected chi connectivity index (χ4v) is 3.45. The highest BCUT2D eigenvalue weighted by Crippen LogP contribution is 2.30. The normalized spacial score (nSPS) is 11.3. The first-order valence-corrected chi connectivity index (χ1v) is 8.34. The fourth-order valence-electron chi connectivity index (χ4n) is 3.45. The van der Waals surface area contributed by atoms with E-state index >= 15 is 0 Å². The highest BCUT2D eigenvalue weighted by Gasteiger charge is 2.25. The number of aryl methyl sites for hydroxylation is 2. The minimum atomic E-state index is 0.716. The number of benzene rings is 3. The lowest BCUT2D eigenvalue weighted by Gasteiger charge is -2.13. The quantitative estimate of drug-likeness (QED) is 0.317. The molecule has 0 amide bonds. The first kappa shape index (κ1) is 15.4. The zero-order chi connectivity index (χ0) is 17.7. The maximum Gasteiger partial charge on any atom is 0.242 e. The average Bonchev–Trinajstić information content (AvgIpc) is 2.63. The van der Waals surface area contributed by atoms with E-state index in [1.165, 1.54) is 0 Å². The van der Waals surface area contributed by atoms with Gasteiger partial charge in [-0.15, -0.1) is 4.57 Å². The second kappa shape index (κ2) is 5.45. The predicted octanol–water partition coefficient (Wildman–Crippen LogP) is 3.75. The Bertz CT molecular complexity index is 1130. The first-order chi connectivity index (χ1) is 12.0. The summed E-state index contributed by atoms with van der Waals surface area (Å²) >= 11 is 0. The Morgan fingerprint density at radius 3 is 2.28 bits per heavy atom. The number of rotatable bonds is 1. The number of aromatic nitrogens is 2. The molecule has 4 nitrogen and oxygen atoms in total. The maximum atomic E-state index is 6.40. The molecule has 4 heteroatoms. The van der Waals surface area contributed by atoms with Crippen LogP contribution in [0.15, 0.2) is 48.5 Å². The van der Waals surface area contributed by atoms with Crippen molar-refractivity contribution in [2.75, 3.05) is 11.5 Å². The molecule has 0 unspecified atom stereocenters. The summed E-state index contributed by atoms with van der Waals surface area (Å²) in [5.74, 6) is 0. The molecule has 0 saturated carbocycles. The van der Waals surface area contributed by atoms with Gasteiger partial charge in [0.25, 0.3) is 0 Å². The van der Waals surface area contributed by atoms with Gasteiger partial charge in [-0.05, 0) is 44.0 Å². The van der Waals surface area contributed by atoms with Gasteiger partial charge in [0.05, 0.1) is 0 Å². The van der Waals surface area contributed by atoms with Crippen LogP contribution in [0.2, 0.25) is 0 Å². The van der Waals surface area contributed by atoms with Crippen LogP contribution in [-0.4, -0.2) is 4.98 Å². The molecule has 4 rings (SSSR count). The highest BCUT2D eigenvalue weighted by molar-refractivity contribution is 5.91. The van der Waals surface area contributed by atoms with Gasteiger partial charge in [0.2, 0.25) is 16.7 Å². The van der Waals surface area contributed by atoms with Crippen LogP contribution < -0.4 is 16.0 Å². The van der Waals surface area contributed by atoms with Crippen LogP contribution in [0.1, 0.15) is 16.7 Å². The molecule has 1 aromatic heterocycles. The second-order valence-corrected chi connectivity index (χ2v) is 6.52. The van der Waals surface area contributed by atoms with Crippen molar-refractivity contribution in [2.45, 2.75) is 20.8 Å². The van der Waals surface area contributed by atoms with E-state index in [-0.39, 0.29) is 0 Å². The lowest BCUT2D eigenvalue weighted by molar-refractivity contribution is -0.538. The molecule has 0 saturated heterocycles. The predicted molar refractivity (Wildman–Crippen MR) is 104 cm³/mol. The monoisotopic (exact) mass is 329 g/mol. The zero-order valence-electron chi connectivity index (χ0n) is 14.7. The minimum absolute atomic E-state index is 0.716. The molecule has 4 N–H and O–H groups in total. The number of hydrogen-bond donors (Lipinski definition) is 2. The molecule has 124 valence electrons. The summed E-state index contributed by atoms with van der Waals surface area (Å²) in [5.41, 5.74) is 22.2. The number of fused-ring (bicyclic) bond motifs is 2. The lowest BCUT2D eigenvalue weighted by Crippen LogP contribution is -2.34. The van der Waals surface area contributed by atoms with Gasteiger partial charge in [-0.2, -0.15) is 0 Å². The van der Waals surface area contributed by atoms with E-state index in [9.17, 15) is 0 Å². The molecule has 0 fully saturated rings. The Labute approximate surface area is 146 Å². The van der Waals surface area contributed by atoms with E-state index in [1.54, 1.807) is 0 Å². The Balaban J connectivity index is 2.33. The molecule has 0 radical (unpaired) electrons. The van der Waals surface area contributed by atoms with E-state index in [2.05, 4.69) is 37.5 Å². The van der Waals surface area contributed by atoms with Crippen molar-refractivity contribution in [1.82, 2.24) is 4.98 Å². The average molecular weight is 329 g/mol. The van der Waals surface area contributed by atoms with Crippen molar-refractivity contribution in [3.05, 3.63) is 65.2 Å². The SMILES string of the molecule is Cc1c(N)c(C)c2c(nc3ccc(N)cc3[n+]2-c2ccccc2)c1C. The van der Waals surface area contributed by atoms with Crippen LogP contribution in [0, 0.1) is 20.8 Å². The molecular formula is C21H21N4+. The van der Waals surface area contributed by atoms with Gasteiger partial charge in [0.15, 0.2) is 0 Å². The number of nitrogens with zero attached hydrogens (tertiary/aromatic N) is 2. The van der Waals surface area contributed by atoms with E-state index in [0.717, 1.165) is 50.1 Å². The third kappa shape index (κ3) is 2.22. The number of para-hydroxylation sites is 1. The third-order valence-electron chi connectivity index (χ3n) is 5.02. The van der Waals surface area contributed by atoms with Crippen molar-refractivity contribution in [1.29, 1.82) is 0 Å². The van der Waals surface area contributed by atoms with Gasteiger partial charge < -0.3 is 11.5 Å². The molecule has 0 spiro atoms. The Hall–Kier alpha value is -3.14. The molecule has 3 aromatic carbocycles. The summed E-state index contributed by atoms with van der Waals surface area (Å²) < 4.78 is 2.21. The molecular weight excluding hydrogens is 308 g/mol. The summed E-state index contributed by atoms with van der Waals surface area (Å²) in [4.78, 5) is 4.94. The van der Waals surface area contributed by atoms with Crippen LogP contribution in [0.3, 0.4) is 0 Å². The summed E-state index contributed by atoms with van der Waals surface area (Å²) in [5, 5.41) is 0. The standard InChI is InChI=1S/C21H20N4/c1-12-13(2)20-21(14(3)19(12)23)25(16-7-5-4-6-8-16)18-11-15(22)9-10-17(18)24-20/h4-11H,1-3H3,(H3,22,23)/p+1. The Morgan fingerprint density at radius 2 is 1.56 bits per heavy atom. The topological polar surface area (TPSA) is 68.8 Å². The summed E-state index contributed by atoms with van der Waals surface area (Å²) in [6, 6.07) is 16.1. The van der Waals surface area contributed by atoms with Gasteiger partial charge in [-0.25, -0.2) is 4.98 Å². The van der Waals surface area contributed by atoms with E-state index < -0.39 is 0 Å². The number of anilines is 2. The smallest absolute Gasteiger partial charge is 0.242 e. The van der Waals surface area contributed by atoms with Crippen molar-refractivity contribution < 1.29 is 4.57 Å². The molecule has 4 aromatic rings. The second-order valence-electron chi connectivity index (χ2n) is 6.52. The molecule has 0 aliphatic heterocycles. The summed E-state index contributed by atoms with van der Waals surface area (Å²) in [7, 11) is 0. The molecule has 0 aliphatic carbocycles. The van der Waals surface area contributed by atoms with E-state index in [4.69, 9.17) is 16.5 Å². The highest BCUT2D eigenvalue weighted by atomic mass is 15.0. The number of nitrogen functional groups attached to an aromatic ring is 2. The number of hydrogen-bond acceptors (Lipinski definition) is 3. The van der Waals surface area contributed by atoms with Crippen LogP contribution >= 0.6 is 0 Å². The fraction of sp³-hybridized carbons (Fsp3) is 0.143. The van der Waals surface area contributed by atoms with Crippen LogP contribution in [0.4, 0.5) is 11.4 Å². The van der Waals surface area contributed by atoms with Crippen molar-refractivity contribution in [3.8, 4) is 5.69 Å². The van der Waals surface area contributed by atoms with Crippen molar-refractivity contribution in [3.63, 3.8) is 0 Å². The summed E-state index contributed by atoms with van der Waals surface area (Å²) in [6.07, 6.45) is 0. The lowest BCUT2D eigenvalue weighted by atomic mass is 10.00. The van der Waals surface area contributed by atoms with Gasteiger partial charge in [0, 0.05) is 35.1 Å². The molecule has 0 atom stereocenters. The Kier molecular flexibility index (Phi) is 3.35. The Morgan fingerprint density at radius 1 is 0.840 bits per heavy atom. The third-order valence-corrected chi connectivity index (χ3v) is 5.02. The van der Waals surface area contributed by atoms with Crippen molar-refractivity contribution >= 4 is 33.4 Å². The zero-order valence-corrected chi connectivity index (χ0v) is 14.7. The largest absolute Gasteiger partial charge is 0.399 e. The van der Waals surface area contributed by atoms with Gasteiger partial charge in [-0.1, -0.05) is 18.2 Å². The molecule has 1 heterocycles. The maximum absolute atomic E-state index is 6.40.